The maximum Gasteiger partial charge on any atom is 0.335 e. The molecule has 6 heteroatoms. The number of aromatic carboxylic acids is 1. The number of anilines is 1. The Kier molecular flexibility index (Phi) is 4.21. The molecular formula is C13H15BrN2O3. The van der Waals surface area contributed by atoms with E-state index in [0.717, 1.165) is 6.54 Å². The van der Waals surface area contributed by atoms with E-state index in [4.69, 9.17) is 5.11 Å². The van der Waals surface area contributed by atoms with Gasteiger partial charge < -0.3 is 15.7 Å². The van der Waals surface area contributed by atoms with Crippen molar-refractivity contribution >= 4 is 33.5 Å². The van der Waals surface area contributed by atoms with E-state index in [-0.39, 0.29) is 23.3 Å². The van der Waals surface area contributed by atoms with Crippen molar-refractivity contribution in [2.24, 2.45) is 11.8 Å². The summed E-state index contributed by atoms with van der Waals surface area (Å²) in [5.41, 5.74) is 0.637. The van der Waals surface area contributed by atoms with Gasteiger partial charge in [0.15, 0.2) is 0 Å². The van der Waals surface area contributed by atoms with Gasteiger partial charge >= 0.3 is 5.97 Å². The van der Waals surface area contributed by atoms with Crippen LogP contribution in [0.5, 0.6) is 0 Å². The molecule has 1 aliphatic rings. The van der Waals surface area contributed by atoms with Crippen molar-refractivity contribution in [2.45, 2.75) is 6.92 Å². The molecule has 0 bridgehead atoms. The van der Waals surface area contributed by atoms with Gasteiger partial charge in [-0.3, -0.25) is 4.79 Å². The van der Waals surface area contributed by atoms with Crippen molar-refractivity contribution in [3.05, 3.63) is 28.2 Å². The van der Waals surface area contributed by atoms with Crippen LogP contribution in [-0.2, 0) is 4.79 Å². The molecule has 2 rings (SSSR count). The standard InChI is InChI=1S/C13H15BrN2O3/c1-7-5-15-6-11(7)12(17)16-10-3-8(13(18)19)2-9(14)4-10/h2-4,7,11,15H,5-6H2,1H3,(H,16,17)(H,18,19)/t7-,11-/m1/s1. The Labute approximate surface area is 119 Å². The summed E-state index contributed by atoms with van der Waals surface area (Å²) in [5.74, 6) is -0.891. The van der Waals surface area contributed by atoms with Crippen LogP contribution in [0.25, 0.3) is 0 Å². The van der Waals surface area contributed by atoms with Crippen molar-refractivity contribution in [3.63, 3.8) is 0 Å². The Morgan fingerprint density at radius 2 is 2.11 bits per heavy atom. The molecule has 5 nitrogen and oxygen atoms in total. The molecule has 102 valence electrons. The Balaban J connectivity index is 2.14. The maximum atomic E-state index is 12.1. The molecule has 0 radical (unpaired) electrons. The third kappa shape index (κ3) is 3.33. The Hall–Kier alpha value is -1.40. The van der Waals surface area contributed by atoms with E-state index in [1.807, 2.05) is 6.92 Å². The Bertz CT molecular complexity index is 519. The normalized spacial score (nSPS) is 22.2. The van der Waals surface area contributed by atoms with Crippen molar-refractivity contribution in [2.75, 3.05) is 18.4 Å². The second-order valence-electron chi connectivity index (χ2n) is 4.77. The van der Waals surface area contributed by atoms with Gasteiger partial charge in [-0.25, -0.2) is 4.79 Å². The second kappa shape index (κ2) is 5.71. The minimum Gasteiger partial charge on any atom is -0.478 e. The lowest BCUT2D eigenvalue weighted by Crippen LogP contribution is -2.27. The minimum atomic E-state index is -1.02. The molecule has 1 aromatic carbocycles. The second-order valence-corrected chi connectivity index (χ2v) is 5.68. The van der Waals surface area contributed by atoms with Gasteiger partial charge in [-0.2, -0.15) is 0 Å². The highest BCUT2D eigenvalue weighted by Gasteiger charge is 2.29. The first-order valence-corrected chi connectivity index (χ1v) is 6.82. The number of carbonyl (C=O) groups is 2. The number of rotatable bonds is 3. The first kappa shape index (κ1) is 14.0. The molecule has 1 amide bonds. The largest absolute Gasteiger partial charge is 0.478 e. The highest BCUT2D eigenvalue weighted by Crippen LogP contribution is 2.22. The summed E-state index contributed by atoms with van der Waals surface area (Å²) >= 11 is 3.24. The predicted octanol–water partition coefficient (Wildman–Crippen LogP) is 1.94. The van der Waals surface area contributed by atoms with Crippen LogP contribution < -0.4 is 10.6 Å². The maximum absolute atomic E-state index is 12.1. The minimum absolute atomic E-state index is 0.0766. The number of benzene rings is 1. The lowest BCUT2D eigenvalue weighted by Gasteiger charge is -2.14. The molecule has 0 saturated carbocycles. The van der Waals surface area contributed by atoms with Gasteiger partial charge in [0.2, 0.25) is 5.91 Å². The van der Waals surface area contributed by atoms with Crippen LogP contribution in [0.4, 0.5) is 5.69 Å². The van der Waals surface area contributed by atoms with Crippen molar-refractivity contribution in [1.82, 2.24) is 5.32 Å². The van der Waals surface area contributed by atoms with Crippen LogP contribution in [0, 0.1) is 11.8 Å². The molecule has 0 unspecified atom stereocenters. The van der Waals surface area contributed by atoms with Gasteiger partial charge in [0.25, 0.3) is 0 Å². The van der Waals surface area contributed by atoms with Crippen LogP contribution >= 0.6 is 15.9 Å². The predicted molar refractivity (Wildman–Crippen MR) is 75.3 cm³/mol. The summed E-state index contributed by atoms with van der Waals surface area (Å²) in [6.07, 6.45) is 0. The fraction of sp³-hybridized carbons (Fsp3) is 0.385. The van der Waals surface area contributed by atoms with E-state index < -0.39 is 5.97 Å². The molecule has 19 heavy (non-hydrogen) atoms. The van der Waals surface area contributed by atoms with E-state index in [2.05, 4.69) is 26.6 Å². The number of nitrogens with one attached hydrogen (secondary N) is 2. The Morgan fingerprint density at radius 1 is 1.37 bits per heavy atom. The summed E-state index contributed by atoms with van der Waals surface area (Å²) in [6, 6.07) is 4.65. The van der Waals surface area contributed by atoms with Crippen molar-refractivity contribution in [3.8, 4) is 0 Å². The number of hydrogen-bond donors (Lipinski definition) is 3. The summed E-state index contributed by atoms with van der Waals surface area (Å²) < 4.78 is 0.625. The van der Waals surface area contributed by atoms with E-state index in [0.29, 0.717) is 16.7 Å². The quantitative estimate of drug-likeness (QED) is 0.793. The third-order valence-electron chi connectivity index (χ3n) is 3.27. The number of hydrogen-bond acceptors (Lipinski definition) is 3. The van der Waals surface area contributed by atoms with E-state index in [1.54, 1.807) is 6.07 Å². The molecular weight excluding hydrogens is 312 g/mol. The van der Waals surface area contributed by atoms with Gasteiger partial charge in [0, 0.05) is 16.7 Å². The van der Waals surface area contributed by atoms with Gasteiger partial charge in [-0.15, -0.1) is 0 Å². The highest BCUT2D eigenvalue weighted by molar-refractivity contribution is 9.10. The average Bonchev–Trinajstić information content (AvgIpc) is 2.74. The zero-order chi connectivity index (χ0) is 14.0. The molecule has 2 atom stereocenters. The van der Waals surface area contributed by atoms with Crippen molar-refractivity contribution < 1.29 is 14.7 Å². The number of carboxylic acid groups (broad SMARTS) is 1. The van der Waals surface area contributed by atoms with Gasteiger partial charge in [0.05, 0.1) is 11.5 Å². The number of halogens is 1. The fourth-order valence-electron chi connectivity index (χ4n) is 2.18. The molecule has 1 aromatic rings. The molecule has 0 aromatic heterocycles. The summed E-state index contributed by atoms with van der Waals surface area (Å²) in [4.78, 5) is 23.1. The smallest absolute Gasteiger partial charge is 0.335 e. The van der Waals surface area contributed by atoms with Gasteiger partial charge in [0.1, 0.15) is 0 Å². The summed E-state index contributed by atoms with van der Waals surface area (Å²) in [5, 5.41) is 14.9. The number of carboxylic acids is 1. The average molecular weight is 327 g/mol. The summed E-state index contributed by atoms with van der Waals surface area (Å²) in [6.45, 7) is 3.51. The first-order valence-electron chi connectivity index (χ1n) is 6.03. The van der Waals surface area contributed by atoms with E-state index in [9.17, 15) is 9.59 Å². The lowest BCUT2D eigenvalue weighted by molar-refractivity contribution is -0.120. The molecule has 1 fully saturated rings. The van der Waals surface area contributed by atoms with Gasteiger partial charge in [-0.1, -0.05) is 22.9 Å². The number of carbonyl (C=O) groups excluding carboxylic acids is 1. The van der Waals surface area contributed by atoms with Crippen LogP contribution in [0.2, 0.25) is 0 Å². The monoisotopic (exact) mass is 326 g/mol. The Morgan fingerprint density at radius 3 is 2.68 bits per heavy atom. The molecule has 0 aliphatic carbocycles. The van der Waals surface area contributed by atoms with E-state index >= 15 is 0 Å². The SMILES string of the molecule is C[C@@H]1CNC[C@H]1C(=O)Nc1cc(Br)cc(C(=O)O)c1. The molecule has 3 N–H and O–H groups in total. The van der Waals surface area contributed by atoms with Gasteiger partial charge in [-0.05, 0) is 30.7 Å². The zero-order valence-corrected chi connectivity index (χ0v) is 12.0. The van der Waals surface area contributed by atoms with Crippen LogP contribution in [0.3, 0.4) is 0 Å². The van der Waals surface area contributed by atoms with Crippen LogP contribution in [-0.4, -0.2) is 30.1 Å². The number of amides is 1. The fourth-order valence-corrected chi connectivity index (χ4v) is 2.67. The molecule has 1 saturated heterocycles. The molecule has 1 heterocycles. The molecule has 0 spiro atoms. The lowest BCUT2D eigenvalue weighted by atomic mass is 9.97. The highest BCUT2D eigenvalue weighted by atomic mass is 79.9. The topological polar surface area (TPSA) is 78.4 Å². The van der Waals surface area contributed by atoms with E-state index in [1.165, 1.54) is 12.1 Å². The summed E-state index contributed by atoms with van der Waals surface area (Å²) in [7, 11) is 0. The van der Waals surface area contributed by atoms with Crippen LogP contribution in [0.15, 0.2) is 22.7 Å². The zero-order valence-electron chi connectivity index (χ0n) is 10.4. The van der Waals surface area contributed by atoms with Crippen molar-refractivity contribution in [1.29, 1.82) is 0 Å². The molecule has 1 aliphatic heterocycles. The van der Waals surface area contributed by atoms with Crippen LogP contribution in [0.1, 0.15) is 17.3 Å². The first-order chi connectivity index (χ1) is 8.97. The third-order valence-corrected chi connectivity index (χ3v) is 3.72.